The van der Waals surface area contributed by atoms with E-state index in [-0.39, 0.29) is 0 Å². The number of methoxy groups -OCH3 is 1. The van der Waals surface area contributed by atoms with E-state index >= 15 is 0 Å². The number of rotatable bonds is 2. The second-order valence-electron chi connectivity index (χ2n) is 3.12. The Hall–Kier alpha value is -1.88. The molecule has 4 nitrogen and oxygen atoms in total. The second kappa shape index (κ2) is 4.32. The molecule has 0 saturated heterocycles. The average molecular weight is 234 g/mol. The van der Waals surface area contributed by atoms with E-state index in [1.54, 1.807) is 6.20 Å². The number of nitrogen functional groups attached to an aromatic ring is 1. The maximum atomic E-state index is 11.6. The maximum absolute atomic E-state index is 11.6. The lowest BCUT2D eigenvalue weighted by Gasteiger charge is -2.06. The minimum atomic E-state index is -0.405. The first-order chi connectivity index (χ1) is 7.72. The van der Waals surface area contributed by atoms with Crippen molar-refractivity contribution >= 4 is 23.1 Å². The summed E-state index contributed by atoms with van der Waals surface area (Å²) in [6.07, 6.45) is 1.59. The molecule has 2 rings (SSSR count). The second-order valence-corrected chi connectivity index (χ2v) is 4.07. The largest absolute Gasteiger partial charge is 0.465 e. The molecule has 2 heterocycles. The zero-order valence-electron chi connectivity index (χ0n) is 8.64. The molecule has 0 bridgehead atoms. The molecule has 5 heteroatoms. The third-order valence-electron chi connectivity index (χ3n) is 2.12. The predicted octanol–water partition coefficient (Wildman–Crippen LogP) is 2.18. The predicted molar refractivity (Wildman–Crippen MR) is 63.3 cm³/mol. The first kappa shape index (κ1) is 10.6. The van der Waals surface area contributed by atoms with Crippen molar-refractivity contribution in [1.29, 1.82) is 0 Å². The van der Waals surface area contributed by atoms with Gasteiger partial charge in [-0.2, -0.15) is 0 Å². The Labute approximate surface area is 96.7 Å². The van der Waals surface area contributed by atoms with Crippen molar-refractivity contribution in [3.05, 3.63) is 35.3 Å². The number of pyridine rings is 1. The van der Waals surface area contributed by atoms with Crippen LogP contribution in [0.2, 0.25) is 0 Å². The number of carbonyl (C=O) groups excluding carboxylic acids is 1. The number of nitrogens with zero attached hydrogens (tertiary/aromatic N) is 1. The van der Waals surface area contributed by atoms with E-state index < -0.39 is 5.97 Å². The zero-order chi connectivity index (χ0) is 11.5. The molecule has 0 aromatic carbocycles. The van der Waals surface area contributed by atoms with Gasteiger partial charge in [0, 0.05) is 16.6 Å². The lowest BCUT2D eigenvalue weighted by Crippen LogP contribution is -2.05. The van der Waals surface area contributed by atoms with Gasteiger partial charge >= 0.3 is 5.97 Å². The van der Waals surface area contributed by atoms with Crippen molar-refractivity contribution in [2.24, 2.45) is 0 Å². The van der Waals surface area contributed by atoms with Gasteiger partial charge in [0.1, 0.15) is 5.82 Å². The molecule has 2 aromatic rings. The Kier molecular flexibility index (Phi) is 2.87. The fraction of sp³-hybridized carbons (Fsp3) is 0.0909. The monoisotopic (exact) mass is 234 g/mol. The van der Waals surface area contributed by atoms with E-state index in [4.69, 9.17) is 10.5 Å². The molecule has 0 saturated carbocycles. The number of hydrogen-bond donors (Lipinski definition) is 1. The summed E-state index contributed by atoms with van der Waals surface area (Å²) < 4.78 is 4.71. The first-order valence-electron chi connectivity index (χ1n) is 4.60. The summed E-state index contributed by atoms with van der Waals surface area (Å²) in [5.41, 5.74) is 6.75. The molecule has 0 amide bonds. The molecule has 0 atom stereocenters. The van der Waals surface area contributed by atoms with E-state index in [0.29, 0.717) is 11.4 Å². The van der Waals surface area contributed by atoms with Crippen LogP contribution in [0.4, 0.5) is 5.82 Å². The number of aromatic nitrogens is 1. The fourth-order valence-electron chi connectivity index (χ4n) is 1.38. The molecule has 0 spiro atoms. The van der Waals surface area contributed by atoms with Crippen molar-refractivity contribution in [2.75, 3.05) is 12.8 Å². The standard InChI is InChI=1S/C11H10N2O2S/c1-15-11(14)7-5-10(12)13-6-8(7)9-3-2-4-16-9/h2-6H,1H3,(H2,12,13). The minimum absolute atomic E-state index is 0.306. The summed E-state index contributed by atoms with van der Waals surface area (Å²) in [6.45, 7) is 0. The highest BCUT2D eigenvalue weighted by Gasteiger charge is 2.14. The average Bonchev–Trinajstić information content (AvgIpc) is 2.81. The lowest BCUT2D eigenvalue weighted by molar-refractivity contribution is 0.0601. The highest BCUT2D eigenvalue weighted by Crippen LogP contribution is 2.28. The molecular formula is C11H10N2O2S. The van der Waals surface area contributed by atoms with Gasteiger partial charge in [0.25, 0.3) is 0 Å². The van der Waals surface area contributed by atoms with Gasteiger partial charge in [0.2, 0.25) is 0 Å². The minimum Gasteiger partial charge on any atom is -0.465 e. The Morgan fingerprint density at radius 2 is 2.38 bits per heavy atom. The topological polar surface area (TPSA) is 65.2 Å². The summed E-state index contributed by atoms with van der Waals surface area (Å²) in [6, 6.07) is 5.36. The van der Waals surface area contributed by atoms with Gasteiger partial charge in [-0.15, -0.1) is 11.3 Å². The van der Waals surface area contributed by atoms with Crippen molar-refractivity contribution < 1.29 is 9.53 Å². The molecule has 16 heavy (non-hydrogen) atoms. The van der Waals surface area contributed by atoms with Gasteiger partial charge in [0.15, 0.2) is 0 Å². The van der Waals surface area contributed by atoms with Crippen molar-refractivity contribution in [3.8, 4) is 10.4 Å². The molecule has 0 fully saturated rings. The summed E-state index contributed by atoms with van der Waals surface area (Å²) >= 11 is 1.54. The Bertz CT molecular complexity index is 509. The highest BCUT2D eigenvalue weighted by molar-refractivity contribution is 7.13. The molecule has 2 N–H and O–H groups in total. The van der Waals surface area contributed by atoms with E-state index in [1.165, 1.54) is 24.5 Å². The summed E-state index contributed by atoms with van der Waals surface area (Å²) in [4.78, 5) is 16.5. The third kappa shape index (κ3) is 1.90. The van der Waals surface area contributed by atoms with Crippen LogP contribution in [-0.4, -0.2) is 18.1 Å². The highest BCUT2D eigenvalue weighted by atomic mass is 32.1. The molecule has 0 aliphatic carbocycles. The van der Waals surface area contributed by atoms with Crippen LogP contribution in [0.5, 0.6) is 0 Å². The maximum Gasteiger partial charge on any atom is 0.338 e. The number of esters is 1. The van der Waals surface area contributed by atoms with E-state index in [0.717, 1.165) is 10.4 Å². The van der Waals surface area contributed by atoms with E-state index in [9.17, 15) is 4.79 Å². The van der Waals surface area contributed by atoms with Gasteiger partial charge in [0.05, 0.1) is 12.7 Å². The van der Waals surface area contributed by atoms with Gasteiger partial charge in [-0.3, -0.25) is 0 Å². The van der Waals surface area contributed by atoms with E-state index in [2.05, 4.69) is 4.98 Å². The Morgan fingerprint density at radius 1 is 1.56 bits per heavy atom. The molecule has 0 aliphatic rings. The van der Waals surface area contributed by atoms with Crippen LogP contribution in [0.15, 0.2) is 29.8 Å². The van der Waals surface area contributed by atoms with Crippen molar-refractivity contribution in [2.45, 2.75) is 0 Å². The number of ether oxygens (including phenoxy) is 1. The Morgan fingerprint density at radius 3 is 3.00 bits per heavy atom. The van der Waals surface area contributed by atoms with Crippen LogP contribution in [0.3, 0.4) is 0 Å². The van der Waals surface area contributed by atoms with Gasteiger partial charge in [-0.05, 0) is 17.5 Å². The van der Waals surface area contributed by atoms with Crippen LogP contribution in [0, 0.1) is 0 Å². The molecule has 0 radical (unpaired) electrons. The Balaban J connectivity index is 2.57. The van der Waals surface area contributed by atoms with E-state index in [1.807, 2.05) is 17.5 Å². The molecule has 82 valence electrons. The smallest absolute Gasteiger partial charge is 0.338 e. The summed E-state index contributed by atoms with van der Waals surface area (Å²) in [7, 11) is 1.34. The van der Waals surface area contributed by atoms with Crippen molar-refractivity contribution in [3.63, 3.8) is 0 Å². The van der Waals surface area contributed by atoms with Crippen molar-refractivity contribution in [1.82, 2.24) is 4.98 Å². The van der Waals surface area contributed by atoms with Crippen LogP contribution < -0.4 is 5.73 Å². The SMILES string of the molecule is COC(=O)c1cc(N)ncc1-c1cccs1. The van der Waals surface area contributed by atoms with Crippen LogP contribution in [0.1, 0.15) is 10.4 Å². The number of anilines is 1. The van der Waals surface area contributed by atoms with Gasteiger partial charge in [-0.1, -0.05) is 6.07 Å². The number of carbonyl (C=O) groups is 1. The zero-order valence-corrected chi connectivity index (χ0v) is 9.45. The number of hydrogen-bond acceptors (Lipinski definition) is 5. The number of nitrogens with two attached hydrogens (primary N) is 1. The van der Waals surface area contributed by atoms with Crippen LogP contribution in [-0.2, 0) is 4.74 Å². The summed E-state index contributed by atoms with van der Waals surface area (Å²) in [5.74, 6) is -0.0989. The number of thiophene rings is 1. The first-order valence-corrected chi connectivity index (χ1v) is 5.48. The molecular weight excluding hydrogens is 224 g/mol. The third-order valence-corrected chi connectivity index (χ3v) is 3.02. The van der Waals surface area contributed by atoms with Gasteiger partial charge in [-0.25, -0.2) is 9.78 Å². The summed E-state index contributed by atoms with van der Waals surface area (Å²) in [5, 5.41) is 1.94. The lowest BCUT2D eigenvalue weighted by atomic mass is 10.1. The fourth-order valence-corrected chi connectivity index (χ4v) is 2.13. The molecule has 0 unspecified atom stereocenters. The normalized spacial score (nSPS) is 10.1. The molecule has 0 aliphatic heterocycles. The quantitative estimate of drug-likeness (QED) is 0.809. The van der Waals surface area contributed by atoms with Crippen LogP contribution in [0.25, 0.3) is 10.4 Å². The van der Waals surface area contributed by atoms with Gasteiger partial charge < -0.3 is 10.5 Å². The van der Waals surface area contributed by atoms with Crippen LogP contribution >= 0.6 is 11.3 Å². The molecule has 2 aromatic heterocycles.